The van der Waals surface area contributed by atoms with Gasteiger partial charge in [-0.05, 0) is 41.8 Å². The third-order valence-corrected chi connectivity index (χ3v) is 6.14. The molecule has 1 unspecified atom stereocenters. The number of carbonyl (C=O) groups excluding carboxylic acids is 1. The van der Waals surface area contributed by atoms with Gasteiger partial charge in [0, 0.05) is 26.7 Å². The van der Waals surface area contributed by atoms with E-state index in [9.17, 15) is 19.5 Å². The summed E-state index contributed by atoms with van der Waals surface area (Å²) in [6, 6.07) is 12.0. The largest absolute Gasteiger partial charge is 0.482 e. The number of benzene rings is 2. The van der Waals surface area contributed by atoms with Gasteiger partial charge in [0.05, 0.1) is 35.8 Å². The predicted molar refractivity (Wildman–Crippen MR) is 128 cm³/mol. The quantitative estimate of drug-likeness (QED) is 0.416. The van der Waals surface area contributed by atoms with Crippen LogP contribution in [0.1, 0.15) is 23.6 Å². The molecule has 0 saturated carbocycles. The molecule has 1 aliphatic rings. The molecule has 2 aromatic carbocycles. The molecule has 2 atom stereocenters. The van der Waals surface area contributed by atoms with E-state index in [1.54, 1.807) is 42.3 Å². The summed E-state index contributed by atoms with van der Waals surface area (Å²) in [7, 11) is 1.73. The number of nitrogens with zero attached hydrogens (tertiary/aromatic N) is 3. The van der Waals surface area contributed by atoms with E-state index in [1.165, 1.54) is 6.20 Å². The Morgan fingerprint density at radius 1 is 1.29 bits per heavy atom. The van der Waals surface area contributed by atoms with Crippen molar-refractivity contribution in [3.63, 3.8) is 0 Å². The lowest BCUT2D eigenvalue weighted by atomic mass is 10.0. The van der Waals surface area contributed by atoms with Gasteiger partial charge >= 0.3 is 5.97 Å². The number of fused-ring (bicyclic) bond motifs is 1. The first-order valence-electron chi connectivity index (χ1n) is 11.4. The second-order valence-corrected chi connectivity index (χ2v) is 8.75. The van der Waals surface area contributed by atoms with Crippen LogP contribution in [0, 0.1) is 0 Å². The second-order valence-electron chi connectivity index (χ2n) is 8.75. The summed E-state index contributed by atoms with van der Waals surface area (Å²) in [6.45, 7) is 1.30. The Balaban J connectivity index is 1.56. The Bertz CT molecular complexity index is 1280. The van der Waals surface area contributed by atoms with E-state index < -0.39 is 18.7 Å². The van der Waals surface area contributed by atoms with Crippen LogP contribution in [0.15, 0.2) is 53.5 Å². The first-order chi connectivity index (χ1) is 16.8. The van der Waals surface area contributed by atoms with Crippen LogP contribution in [-0.4, -0.2) is 81.3 Å². The molecule has 1 fully saturated rings. The molecular weight excluding hydrogens is 452 g/mol. The molecule has 0 spiro atoms. The van der Waals surface area contributed by atoms with E-state index in [0.29, 0.717) is 36.3 Å². The maximum Gasteiger partial charge on any atom is 0.341 e. The molecule has 0 aliphatic carbocycles. The maximum absolute atomic E-state index is 13.3. The maximum atomic E-state index is 13.3. The fraction of sp³-hybridized carbons (Fsp3) is 0.360. The molecule has 10 heteroatoms. The van der Waals surface area contributed by atoms with Gasteiger partial charge < -0.3 is 24.8 Å². The van der Waals surface area contributed by atoms with Crippen molar-refractivity contribution >= 4 is 22.9 Å². The van der Waals surface area contributed by atoms with Gasteiger partial charge in [0.1, 0.15) is 5.75 Å². The summed E-state index contributed by atoms with van der Waals surface area (Å²) in [5.41, 5.74) is 2.44. The number of ether oxygens (including phenoxy) is 1. The molecular formula is C25H28N4O6. The van der Waals surface area contributed by atoms with E-state index >= 15 is 0 Å². The first kappa shape index (κ1) is 24.4. The normalized spacial score (nSPS) is 16.8. The molecule has 35 heavy (non-hydrogen) atoms. The van der Waals surface area contributed by atoms with Gasteiger partial charge in [-0.1, -0.05) is 18.2 Å². The van der Waals surface area contributed by atoms with Crippen LogP contribution in [0.25, 0.3) is 11.0 Å². The summed E-state index contributed by atoms with van der Waals surface area (Å²) in [5, 5.41) is 18.9. The lowest BCUT2D eigenvalue weighted by Crippen LogP contribution is -2.39. The molecule has 1 saturated heterocycles. The molecule has 0 bridgehead atoms. The third kappa shape index (κ3) is 6.23. The third-order valence-electron chi connectivity index (χ3n) is 6.14. The molecule has 3 aromatic rings. The topological polar surface area (TPSA) is 136 Å². The van der Waals surface area contributed by atoms with E-state index in [2.05, 4.69) is 14.9 Å². The average Bonchev–Trinajstić information content (AvgIpc) is 3.25. The molecule has 184 valence electrons. The highest BCUT2D eigenvalue weighted by molar-refractivity contribution is 5.81. The van der Waals surface area contributed by atoms with E-state index in [0.717, 1.165) is 17.7 Å². The number of aromatic nitrogens is 2. The van der Waals surface area contributed by atoms with Gasteiger partial charge in [0.25, 0.3) is 5.56 Å². The summed E-state index contributed by atoms with van der Waals surface area (Å²) in [6.07, 6.45) is 1.62. The Kier molecular flexibility index (Phi) is 7.42. The number of aliphatic hydroxyl groups is 1. The average molecular weight is 481 g/mol. The van der Waals surface area contributed by atoms with Crippen molar-refractivity contribution in [2.75, 3.05) is 33.3 Å². The number of carboxylic acid groups (broad SMARTS) is 1. The minimum atomic E-state index is -1.07. The van der Waals surface area contributed by atoms with Crippen molar-refractivity contribution in [2.45, 2.75) is 25.0 Å². The van der Waals surface area contributed by atoms with Crippen molar-refractivity contribution in [1.82, 2.24) is 19.8 Å². The molecule has 0 radical (unpaired) electrons. The summed E-state index contributed by atoms with van der Waals surface area (Å²) in [4.78, 5) is 46.4. The van der Waals surface area contributed by atoms with Gasteiger partial charge in [-0.3, -0.25) is 14.5 Å². The van der Waals surface area contributed by atoms with E-state index in [-0.39, 0.29) is 23.9 Å². The molecule has 10 nitrogen and oxygen atoms in total. The standard InChI is InChI=1S/C25H28N4O6/c1-28(24(32)10-16-5-6-20-21(9-16)27-23(31)12-26-20)22(14-29-8-7-18(30)13-29)17-3-2-4-19(11-17)35-15-25(33)34/h2-6,9,11-12,18,22,30H,7-8,10,13-15H2,1H3,(H,27,31)(H,33,34)/t18-,22?/m0/s1. The van der Waals surface area contributed by atoms with Crippen LogP contribution in [0.2, 0.25) is 0 Å². The van der Waals surface area contributed by atoms with Crippen molar-refractivity contribution < 1.29 is 24.5 Å². The smallest absolute Gasteiger partial charge is 0.341 e. The van der Waals surface area contributed by atoms with Crippen LogP contribution in [0.4, 0.5) is 0 Å². The highest BCUT2D eigenvalue weighted by atomic mass is 16.5. The highest BCUT2D eigenvalue weighted by Gasteiger charge is 2.28. The number of rotatable bonds is 9. The fourth-order valence-electron chi connectivity index (χ4n) is 4.30. The molecule has 2 heterocycles. The Labute approximate surface area is 201 Å². The number of hydrogen-bond donors (Lipinski definition) is 3. The van der Waals surface area contributed by atoms with Crippen molar-refractivity contribution in [3.8, 4) is 5.75 Å². The minimum absolute atomic E-state index is 0.123. The Morgan fingerprint density at radius 3 is 2.86 bits per heavy atom. The molecule has 1 amide bonds. The number of H-pyrrole nitrogens is 1. The molecule has 1 aromatic heterocycles. The van der Waals surface area contributed by atoms with E-state index in [4.69, 9.17) is 9.84 Å². The molecule has 1 aliphatic heterocycles. The number of amides is 1. The number of aromatic amines is 1. The zero-order valence-corrected chi connectivity index (χ0v) is 19.4. The monoisotopic (exact) mass is 480 g/mol. The van der Waals surface area contributed by atoms with Crippen LogP contribution < -0.4 is 10.3 Å². The van der Waals surface area contributed by atoms with Gasteiger partial charge in [-0.15, -0.1) is 0 Å². The fourth-order valence-corrected chi connectivity index (χ4v) is 4.30. The Morgan fingerprint density at radius 2 is 2.11 bits per heavy atom. The van der Waals surface area contributed by atoms with Crippen molar-refractivity contribution in [3.05, 3.63) is 70.1 Å². The van der Waals surface area contributed by atoms with Crippen LogP contribution in [0.5, 0.6) is 5.75 Å². The number of hydrogen-bond acceptors (Lipinski definition) is 7. The number of aliphatic hydroxyl groups excluding tert-OH is 1. The lowest BCUT2D eigenvalue weighted by Gasteiger charge is -2.32. The number of likely N-dealkylation sites (N-methyl/N-ethyl adjacent to an activating group) is 1. The van der Waals surface area contributed by atoms with Crippen LogP contribution >= 0.6 is 0 Å². The Hall–Kier alpha value is -3.76. The van der Waals surface area contributed by atoms with Gasteiger partial charge in [0.2, 0.25) is 5.91 Å². The first-order valence-corrected chi connectivity index (χ1v) is 11.4. The minimum Gasteiger partial charge on any atom is -0.482 e. The number of nitrogens with one attached hydrogen (secondary N) is 1. The van der Waals surface area contributed by atoms with Gasteiger partial charge in [-0.2, -0.15) is 0 Å². The predicted octanol–water partition coefficient (Wildman–Crippen LogP) is 1.20. The second kappa shape index (κ2) is 10.7. The van der Waals surface area contributed by atoms with Gasteiger partial charge in [0.15, 0.2) is 6.61 Å². The van der Waals surface area contributed by atoms with Crippen molar-refractivity contribution in [2.24, 2.45) is 0 Å². The number of aliphatic carboxylic acids is 1. The lowest BCUT2D eigenvalue weighted by molar-refractivity contribution is -0.139. The van der Waals surface area contributed by atoms with E-state index in [1.807, 2.05) is 12.1 Å². The zero-order chi connectivity index (χ0) is 24.9. The van der Waals surface area contributed by atoms with Gasteiger partial charge in [-0.25, -0.2) is 9.78 Å². The zero-order valence-electron chi connectivity index (χ0n) is 19.4. The number of carbonyl (C=O) groups is 2. The SMILES string of the molecule is CN(C(=O)Cc1ccc2ncc(=O)[nH]c2c1)C(CN1CC[C@H](O)C1)c1cccc(OCC(=O)O)c1. The van der Waals surface area contributed by atoms with Crippen LogP contribution in [0.3, 0.4) is 0 Å². The van der Waals surface area contributed by atoms with Crippen LogP contribution in [-0.2, 0) is 16.0 Å². The number of likely N-dealkylation sites (tertiary alicyclic amines) is 1. The summed E-state index contributed by atoms with van der Waals surface area (Å²) >= 11 is 0. The number of β-amino-alcohol motifs (C(OH)–C–C–N with tert-alkyl or cyclic N) is 1. The molecule has 3 N–H and O–H groups in total. The van der Waals surface area contributed by atoms with Crippen molar-refractivity contribution in [1.29, 1.82) is 0 Å². The molecule has 4 rings (SSSR count). The summed E-state index contributed by atoms with van der Waals surface area (Å²) < 4.78 is 5.34. The highest BCUT2D eigenvalue weighted by Crippen LogP contribution is 2.27. The number of carboxylic acids is 1. The summed E-state index contributed by atoms with van der Waals surface area (Å²) in [5.74, 6) is -0.794.